The van der Waals surface area contributed by atoms with Gasteiger partial charge >= 0.3 is 21.1 Å². The van der Waals surface area contributed by atoms with Crippen molar-refractivity contribution in [2.24, 2.45) is 0 Å². The molecular formula is C5H10MoS3. The Morgan fingerprint density at radius 3 is 1.33 bits per heavy atom. The van der Waals surface area contributed by atoms with Crippen LogP contribution in [0.25, 0.3) is 0 Å². The van der Waals surface area contributed by atoms with E-state index in [1.807, 2.05) is 0 Å². The van der Waals surface area contributed by atoms with Gasteiger partial charge in [0.2, 0.25) is 0 Å². The molecule has 4 heteroatoms. The smallest absolute Gasteiger partial charge is 0.747 e. The zero-order valence-electron chi connectivity index (χ0n) is 5.17. The minimum absolute atomic E-state index is 0. The Hall–Kier alpha value is 1.74. The Morgan fingerprint density at radius 2 is 1.33 bits per heavy atom. The molecule has 0 aromatic rings. The van der Waals surface area contributed by atoms with Crippen LogP contribution in [0.1, 0.15) is 19.3 Å². The Kier molecular flexibility index (Phi) is 42.7. The molecule has 0 unspecified atom stereocenters. The van der Waals surface area contributed by atoms with Gasteiger partial charge in [0.15, 0.2) is 0 Å². The molecule has 0 saturated carbocycles. The summed E-state index contributed by atoms with van der Waals surface area (Å²) in [5.41, 5.74) is 0. The summed E-state index contributed by atoms with van der Waals surface area (Å²) in [4.78, 5) is 0. The van der Waals surface area contributed by atoms with Crippen LogP contribution < -0.4 is 0 Å². The molecule has 0 aliphatic rings. The molecule has 0 aromatic heterocycles. The van der Waals surface area contributed by atoms with Gasteiger partial charge in [0.1, 0.15) is 0 Å². The van der Waals surface area contributed by atoms with Gasteiger partial charge in [-0.05, 0) is 0 Å². The van der Waals surface area contributed by atoms with E-state index in [9.17, 15) is 0 Å². The van der Waals surface area contributed by atoms with E-state index in [1.54, 1.807) is 0 Å². The van der Waals surface area contributed by atoms with Gasteiger partial charge in [0.05, 0.1) is 0 Å². The molecule has 0 fully saturated rings. The molecule has 0 atom stereocenters. The van der Waals surface area contributed by atoms with Crippen molar-refractivity contribution in [1.29, 1.82) is 0 Å². The third kappa shape index (κ3) is 41.7. The molecule has 0 aliphatic heterocycles. The summed E-state index contributed by atoms with van der Waals surface area (Å²) in [6.07, 6.45) is 3.23. The summed E-state index contributed by atoms with van der Waals surface area (Å²) >= 11 is 8.25. The quantitative estimate of drug-likeness (QED) is 0.325. The van der Waals surface area contributed by atoms with Gasteiger partial charge < -0.3 is 47.0 Å². The van der Waals surface area contributed by atoms with Gasteiger partial charge in [-0.15, -0.1) is 6.42 Å². The van der Waals surface area contributed by atoms with E-state index in [-0.39, 0.29) is 21.1 Å². The summed E-state index contributed by atoms with van der Waals surface area (Å²) in [6.45, 7) is 7.27. The molecule has 0 amide bonds. The molecule has 0 radical (unpaired) electrons. The van der Waals surface area contributed by atoms with Crippen LogP contribution in [0.15, 0.2) is 0 Å². The first-order valence-electron chi connectivity index (χ1n) is 2.33. The molecule has 0 bridgehead atoms. The zero-order valence-corrected chi connectivity index (χ0v) is 9.62. The zero-order chi connectivity index (χ0) is 6.83. The van der Waals surface area contributed by atoms with Crippen molar-refractivity contribution in [2.45, 2.75) is 19.3 Å². The number of rotatable bonds is 2. The second kappa shape index (κ2) is 22.6. The van der Waals surface area contributed by atoms with Crippen LogP contribution >= 0.6 is 9.83 Å². The van der Waals surface area contributed by atoms with Crippen molar-refractivity contribution in [3.8, 4) is 0 Å². The summed E-state index contributed by atoms with van der Waals surface area (Å²) < 4.78 is 0. The maximum Gasteiger partial charge on any atom is 4.00 e. The fourth-order valence-electron chi connectivity index (χ4n) is 0.177. The monoisotopic (exact) mass is 264 g/mol. The normalized spacial score (nSPS) is 6.67. The van der Waals surface area contributed by atoms with E-state index in [4.69, 9.17) is 0 Å². The van der Waals surface area contributed by atoms with Gasteiger partial charge in [0, 0.05) is 0 Å². The van der Waals surface area contributed by atoms with E-state index in [0.717, 1.165) is 22.7 Å². The molecule has 0 heterocycles. The minimum atomic E-state index is 0. The second-order valence-electron chi connectivity index (χ2n) is 1.13. The Bertz CT molecular complexity index is 26.2. The van der Waals surface area contributed by atoms with Gasteiger partial charge in [-0.2, -0.15) is 12.8 Å². The fraction of sp³-hybridized carbons (Fsp3) is 0.600. The van der Waals surface area contributed by atoms with Gasteiger partial charge in [-0.25, -0.2) is 0 Å². The first-order chi connectivity index (χ1) is 3.83. The molecule has 0 spiro atoms. The van der Waals surface area contributed by atoms with Gasteiger partial charge in [0.25, 0.3) is 0 Å². The van der Waals surface area contributed by atoms with E-state index < -0.39 is 0 Å². The first-order valence-corrected chi connectivity index (χ1v) is 5.00. The molecule has 0 nitrogen and oxygen atoms in total. The molecule has 0 aromatic carbocycles. The number of hydrogen-bond acceptors (Lipinski definition) is 3. The predicted molar refractivity (Wildman–Crippen MR) is 46.9 cm³/mol. The van der Waals surface area contributed by atoms with Gasteiger partial charge in [-0.1, -0.05) is 0 Å². The standard InChI is InChI=1S/C5H10.Mo.H2S3/c1-3-5-4-2;;1-3-2/h1-5H2;;1-2H/q-2;+4;/p-2. The third-order valence-electron chi connectivity index (χ3n) is 0.500. The predicted octanol–water partition coefficient (Wildman–Crippen LogP) is 2.47. The topological polar surface area (TPSA) is 0 Å². The Labute approximate surface area is 86.8 Å². The average molecular weight is 262 g/mol. The van der Waals surface area contributed by atoms with E-state index in [2.05, 4.69) is 37.2 Å². The SMILES string of the molecule is [CH2-]CCC[CH2-].[Mo+4].[S-]S[S-]. The van der Waals surface area contributed by atoms with Crippen LogP contribution in [-0.4, -0.2) is 0 Å². The van der Waals surface area contributed by atoms with Crippen LogP contribution in [0.2, 0.25) is 0 Å². The molecule has 0 saturated heterocycles. The van der Waals surface area contributed by atoms with E-state index in [1.165, 1.54) is 6.42 Å². The van der Waals surface area contributed by atoms with Gasteiger partial charge in [-0.3, -0.25) is 0 Å². The van der Waals surface area contributed by atoms with Crippen LogP contribution in [-0.2, 0) is 44.4 Å². The number of unbranched alkanes of at least 4 members (excludes halogenated alkanes) is 2. The summed E-state index contributed by atoms with van der Waals surface area (Å²) in [5.74, 6) is 0. The van der Waals surface area contributed by atoms with Crippen molar-refractivity contribution >= 4 is 33.1 Å². The van der Waals surface area contributed by atoms with Crippen LogP contribution in [0.5, 0.6) is 0 Å². The van der Waals surface area contributed by atoms with Crippen molar-refractivity contribution in [3.63, 3.8) is 0 Å². The number of hydrogen-bond donors (Lipinski definition) is 0. The van der Waals surface area contributed by atoms with Crippen LogP contribution in [0.3, 0.4) is 0 Å². The fourth-order valence-corrected chi connectivity index (χ4v) is 0.177. The summed E-state index contributed by atoms with van der Waals surface area (Å²) in [7, 11) is 0.917. The molecule has 9 heavy (non-hydrogen) atoms. The molecule has 0 rings (SSSR count). The largest absolute Gasteiger partial charge is 4.00 e. The second-order valence-corrected chi connectivity index (χ2v) is 2.90. The van der Waals surface area contributed by atoms with Crippen molar-refractivity contribution in [3.05, 3.63) is 13.8 Å². The third-order valence-corrected chi connectivity index (χ3v) is 0.500. The Balaban J connectivity index is -0.0000000800. The van der Waals surface area contributed by atoms with Crippen molar-refractivity contribution in [1.82, 2.24) is 0 Å². The van der Waals surface area contributed by atoms with Crippen molar-refractivity contribution < 1.29 is 21.1 Å². The van der Waals surface area contributed by atoms with E-state index >= 15 is 0 Å². The Morgan fingerprint density at radius 1 is 1.11 bits per heavy atom. The molecular weight excluding hydrogens is 252 g/mol. The maximum atomic E-state index is 4.12. The van der Waals surface area contributed by atoms with Crippen molar-refractivity contribution in [2.75, 3.05) is 0 Å². The molecule has 0 N–H and O–H groups in total. The average Bonchev–Trinajstić information content (AvgIpc) is 1.71. The summed E-state index contributed by atoms with van der Waals surface area (Å²) in [5, 5.41) is 0. The van der Waals surface area contributed by atoms with Crippen LogP contribution in [0.4, 0.5) is 0 Å². The minimum Gasteiger partial charge on any atom is -0.747 e. The maximum absolute atomic E-state index is 4.12. The van der Waals surface area contributed by atoms with E-state index in [0.29, 0.717) is 0 Å². The summed E-state index contributed by atoms with van der Waals surface area (Å²) in [6, 6.07) is 0. The first kappa shape index (κ1) is 17.0. The molecule has 0 aliphatic carbocycles. The molecule has 54 valence electrons. The van der Waals surface area contributed by atoms with Crippen LogP contribution in [0, 0.1) is 13.8 Å².